The van der Waals surface area contributed by atoms with Crippen LogP contribution in [-0.2, 0) is 19.6 Å². The predicted octanol–water partition coefficient (Wildman–Crippen LogP) is -0.0396. The minimum absolute atomic E-state index is 0. The second-order valence-electron chi connectivity index (χ2n) is 7.19. The van der Waals surface area contributed by atoms with Crippen molar-refractivity contribution < 1.29 is 52.3 Å². The maximum atomic E-state index is 12.1. The van der Waals surface area contributed by atoms with Crippen molar-refractivity contribution in [2.24, 2.45) is 0 Å². The number of ether oxygens (including phenoxy) is 2. The van der Waals surface area contributed by atoms with Gasteiger partial charge in [0, 0.05) is 0 Å². The van der Waals surface area contributed by atoms with Gasteiger partial charge in [-0.15, -0.1) is 0 Å². The molecule has 1 aromatic carbocycles. The maximum absolute atomic E-state index is 12.1. The molecule has 25 heavy (non-hydrogen) atoms. The molecule has 0 saturated carbocycles. The van der Waals surface area contributed by atoms with Gasteiger partial charge in [0.1, 0.15) is 16.1 Å². The molecule has 0 aliphatic carbocycles. The molecule has 0 atom stereocenters. The molecule has 1 aromatic rings. The van der Waals surface area contributed by atoms with Gasteiger partial charge in [-0.3, -0.25) is 4.55 Å². The topological polar surface area (TPSA) is 107 Å². The van der Waals surface area contributed by atoms with Crippen LogP contribution in [0, 0.1) is 0 Å². The number of hydrogen-bond donors (Lipinski definition) is 1. The third kappa shape index (κ3) is 7.61. The van der Waals surface area contributed by atoms with Gasteiger partial charge < -0.3 is 10.9 Å². The molecule has 0 radical (unpaired) electrons. The number of hydrogen-bond acceptors (Lipinski definition) is 6. The van der Waals surface area contributed by atoms with Crippen molar-refractivity contribution in [3.8, 4) is 0 Å². The molecule has 0 saturated heterocycles. The van der Waals surface area contributed by atoms with E-state index in [0.29, 0.717) is 0 Å². The van der Waals surface area contributed by atoms with Gasteiger partial charge in [0.05, 0.1) is 11.1 Å². The summed E-state index contributed by atoms with van der Waals surface area (Å²) in [5.74, 6) is -1.70. The average Bonchev–Trinajstić information content (AvgIpc) is 2.32. The Kier molecular flexibility index (Phi) is 7.49. The van der Waals surface area contributed by atoms with E-state index in [9.17, 15) is 22.6 Å². The van der Waals surface area contributed by atoms with Gasteiger partial charge in [-0.1, -0.05) is 0 Å². The smallest absolute Gasteiger partial charge is 1.00 e. The number of rotatable bonds is 3. The van der Waals surface area contributed by atoms with Crippen LogP contribution in [0.25, 0.3) is 0 Å². The van der Waals surface area contributed by atoms with E-state index in [1.54, 1.807) is 41.5 Å². The molecule has 0 amide bonds. The number of esters is 2. The molecule has 0 heterocycles. The van der Waals surface area contributed by atoms with Crippen molar-refractivity contribution in [2.45, 2.75) is 57.6 Å². The fourth-order valence-electron chi connectivity index (χ4n) is 1.70. The Bertz CT molecular complexity index is 762. The van der Waals surface area contributed by atoms with Crippen LogP contribution in [0.4, 0.5) is 0 Å². The first-order valence-corrected chi connectivity index (χ1v) is 8.62. The van der Waals surface area contributed by atoms with Gasteiger partial charge >= 0.3 is 30.8 Å². The van der Waals surface area contributed by atoms with Crippen molar-refractivity contribution >= 4 is 22.1 Å². The Morgan fingerprint density at radius 3 is 1.80 bits per heavy atom. The molecule has 7 nitrogen and oxygen atoms in total. The minimum Gasteiger partial charge on any atom is -1.00 e. The van der Waals surface area contributed by atoms with Crippen molar-refractivity contribution in [2.75, 3.05) is 0 Å². The van der Waals surface area contributed by atoms with E-state index in [2.05, 4.69) is 0 Å². The molecule has 0 fully saturated rings. The molecule has 0 bridgehead atoms. The largest absolute Gasteiger partial charge is 1.00 e. The monoisotopic (exact) mass is 366 g/mol. The van der Waals surface area contributed by atoms with Crippen LogP contribution in [-0.4, -0.2) is 36.1 Å². The second kappa shape index (κ2) is 7.92. The molecule has 1 N–H and O–H groups in total. The normalized spacial score (nSPS) is 12.1. The average molecular weight is 366 g/mol. The summed E-state index contributed by atoms with van der Waals surface area (Å²) in [4.78, 5) is 23.5. The van der Waals surface area contributed by atoms with Gasteiger partial charge in [-0.25, -0.2) is 9.59 Å². The van der Waals surface area contributed by atoms with Crippen molar-refractivity contribution in [1.82, 2.24) is 0 Å². The van der Waals surface area contributed by atoms with E-state index in [0.717, 1.165) is 12.1 Å². The van der Waals surface area contributed by atoms with E-state index in [-0.39, 0.29) is 31.4 Å². The summed E-state index contributed by atoms with van der Waals surface area (Å²) in [6.07, 6.45) is 0. The SMILES string of the molecule is CC(C)(C)OC(=O)c1ccc(C(=O)OC(C)(C)C)c(S(=O)(=O)O)c1.[H-].[Li+]. The van der Waals surface area contributed by atoms with E-state index >= 15 is 0 Å². The first-order chi connectivity index (χ1) is 10.6. The first kappa shape index (κ1) is 23.7. The van der Waals surface area contributed by atoms with Crippen LogP contribution in [0.2, 0.25) is 0 Å². The third-order valence-corrected chi connectivity index (χ3v) is 3.41. The van der Waals surface area contributed by atoms with Gasteiger partial charge in [0.25, 0.3) is 10.1 Å². The minimum atomic E-state index is -4.74. The number of carbonyl (C=O) groups is 2. The summed E-state index contributed by atoms with van der Waals surface area (Å²) in [5.41, 5.74) is -2.10. The summed E-state index contributed by atoms with van der Waals surface area (Å²) in [6, 6.07) is 3.24. The van der Waals surface area contributed by atoms with Crippen LogP contribution < -0.4 is 18.9 Å². The standard InChI is InChI=1S/C16H22O7S.Li.H/c1-15(2,3)22-13(17)10-7-8-11(12(9-10)24(19,20)21)14(18)23-16(4,5)6;;/h7-9H,1-6H3,(H,19,20,21);;/q;+1;-1. The molecule has 0 aromatic heterocycles. The molecular weight excluding hydrogens is 343 g/mol. The Hall–Kier alpha value is -1.33. The summed E-state index contributed by atoms with van der Waals surface area (Å²) in [6.45, 7) is 9.82. The molecule has 0 aliphatic rings. The molecule has 136 valence electrons. The fraction of sp³-hybridized carbons (Fsp3) is 0.500. The first-order valence-electron chi connectivity index (χ1n) is 7.18. The van der Waals surface area contributed by atoms with Crippen LogP contribution in [0.5, 0.6) is 0 Å². The Morgan fingerprint density at radius 2 is 1.40 bits per heavy atom. The molecule has 0 spiro atoms. The van der Waals surface area contributed by atoms with Crippen molar-refractivity contribution in [1.29, 1.82) is 0 Å². The Labute approximate surface area is 161 Å². The quantitative estimate of drug-likeness (QED) is 0.454. The Balaban J connectivity index is 0. The summed E-state index contributed by atoms with van der Waals surface area (Å²) in [5, 5.41) is 0. The zero-order valence-corrected chi connectivity index (χ0v) is 16.4. The number of benzene rings is 1. The van der Waals surface area contributed by atoms with E-state index < -0.39 is 38.2 Å². The van der Waals surface area contributed by atoms with E-state index in [1.807, 2.05) is 0 Å². The molecule has 0 aliphatic heterocycles. The number of carbonyl (C=O) groups excluding carboxylic acids is 2. The van der Waals surface area contributed by atoms with Crippen LogP contribution >= 0.6 is 0 Å². The molecule has 9 heteroatoms. The van der Waals surface area contributed by atoms with Gasteiger partial charge in [-0.05, 0) is 59.7 Å². The van der Waals surface area contributed by atoms with E-state index in [1.165, 1.54) is 6.07 Å². The van der Waals surface area contributed by atoms with Gasteiger partial charge in [0.15, 0.2) is 0 Å². The zero-order valence-electron chi connectivity index (χ0n) is 16.5. The fourth-order valence-corrected chi connectivity index (χ4v) is 2.41. The third-order valence-electron chi connectivity index (χ3n) is 2.51. The van der Waals surface area contributed by atoms with E-state index in [4.69, 9.17) is 9.47 Å². The van der Waals surface area contributed by atoms with Crippen molar-refractivity contribution in [3.63, 3.8) is 0 Å². The van der Waals surface area contributed by atoms with Crippen LogP contribution in [0.15, 0.2) is 23.1 Å². The molecule has 0 unspecified atom stereocenters. The maximum Gasteiger partial charge on any atom is 1.00 e. The zero-order chi connectivity index (χ0) is 18.9. The molecule has 1 rings (SSSR count). The molecular formula is C16H23LiO7S. The summed E-state index contributed by atoms with van der Waals surface area (Å²) >= 11 is 0. The van der Waals surface area contributed by atoms with Crippen molar-refractivity contribution in [3.05, 3.63) is 29.3 Å². The summed E-state index contributed by atoms with van der Waals surface area (Å²) in [7, 11) is -4.74. The predicted molar refractivity (Wildman–Crippen MR) is 87.7 cm³/mol. The Morgan fingerprint density at radius 1 is 0.960 bits per heavy atom. The second-order valence-corrected chi connectivity index (χ2v) is 8.58. The summed E-state index contributed by atoms with van der Waals surface area (Å²) < 4.78 is 42.8. The van der Waals surface area contributed by atoms with Crippen LogP contribution in [0.3, 0.4) is 0 Å². The van der Waals surface area contributed by atoms with Crippen LogP contribution in [0.1, 0.15) is 63.7 Å². The van der Waals surface area contributed by atoms with Gasteiger partial charge in [-0.2, -0.15) is 8.42 Å². The van der Waals surface area contributed by atoms with Gasteiger partial charge in [0.2, 0.25) is 0 Å².